The lowest BCUT2D eigenvalue weighted by Crippen LogP contribution is -2.61. The van der Waals surface area contributed by atoms with Gasteiger partial charge in [-0.3, -0.25) is 38.3 Å². The molecule has 6 heterocycles. The van der Waals surface area contributed by atoms with E-state index in [-0.39, 0.29) is 59.4 Å². The van der Waals surface area contributed by atoms with Gasteiger partial charge in [0.1, 0.15) is 29.3 Å². The SMILES string of the molecule is CCN(C(=O)CCNC(=O)c1cc(NC(=O)c2cc(NC(=O)c3cc(NC=O)cn3C)cn2C)cn1C)[C@]1(O)[C@H](O)[C@@H](CO)O[C@H]1n1cnc2c(=O)[nH]c(N)nc21. The van der Waals surface area contributed by atoms with Crippen LogP contribution in [0.2, 0.25) is 0 Å². The molecule has 0 radical (unpaired) electrons. The Morgan fingerprint density at radius 3 is 2.11 bits per heavy atom. The zero-order valence-corrected chi connectivity index (χ0v) is 31.1. The highest BCUT2D eigenvalue weighted by atomic mass is 16.6. The maximum Gasteiger partial charge on any atom is 0.280 e. The predicted molar refractivity (Wildman–Crippen MR) is 201 cm³/mol. The molecule has 4 atom stereocenters. The molecule has 0 aromatic carbocycles. The molecule has 302 valence electrons. The fourth-order valence-corrected chi connectivity index (χ4v) is 6.76. The Morgan fingerprint density at radius 2 is 1.54 bits per heavy atom. The molecular weight excluding hydrogens is 750 g/mol. The number of carbonyl (C=O) groups excluding carboxylic acids is 5. The molecule has 0 saturated carbocycles. The van der Waals surface area contributed by atoms with Crippen molar-refractivity contribution < 1.29 is 44.0 Å². The van der Waals surface area contributed by atoms with Gasteiger partial charge < -0.3 is 65.7 Å². The third-order valence-corrected chi connectivity index (χ3v) is 9.47. The predicted octanol–water partition coefficient (Wildman–Crippen LogP) is -1.60. The number of carbonyl (C=O) groups is 5. The van der Waals surface area contributed by atoms with E-state index in [2.05, 4.69) is 36.2 Å². The molecule has 1 aliphatic heterocycles. The number of nitrogen functional groups attached to an aromatic ring is 1. The Bertz CT molecular complexity index is 2430. The molecule has 0 bridgehead atoms. The van der Waals surface area contributed by atoms with E-state index in [1.807, 2.05) is 0 Å². The van der Waals surface area contributed by atoms with E-state index in [9.17, 15) is 44.1 Å². The third kappa shape index (κ3) is 7.45. The summed E-state index contributed by atoms with van der Waals surface area (Å²) in [6.45, 7) is 0.454. The Kier molecular flexibility index (Phi) is 11.0. The number of aliphatic hydroxyl groups is 3. The summed E-state index contributed by atoms with van der Waals surface area (Å²) in [5, 5.41) is 43.6. The molecule has 1 saturated heterocycles. The summed E-state index contributed by atoms with van der Waals surface area (Å²) in [5.74, 6) is -2.57. The number of H-pyrrole nitrogens is 1. The summed E-state index contributed by atoms with van der Waals surface area (Å²) < 4.78 is 11.4. The minimum atomic E-state index is -2.49. The van der Waals surface area contributed by atoms with Gasteiger partial charge >= 0.3 is 0 Å². The number of fused-ring (bicyclic) bond motifs is 1. The lowest BCUT2D eigenvalue weighted by atomic mass is 10.0. The van der Waals surface area contributed by atoms with Crippen LogP contribution in [0.3, 0.4) is 0 Å². The third-order valence-electron chi connectivity index (χ3n) is 9.47. The van der Waals surface area contributed by atoms with E-state index in [1.165, 1.54) is 38.1 Å². The summed E-state index contributed by atoms with van der Waals surface area (Å²) >= 11 is 0. The van der Waals surface area contributed by atoms with E-state index in [0.717, 1.165) is 15.8 Å². The van der Waals surface area contributed by atoms with Gasteiger partial charge in [-0.25, -0.2) is 4.98 Å². The van der Waals surface area contributed by atoms with E-state index in [4.69, 9.17) is 10.5 Å². The average Bonchev–Trinajstić information content (AvgIpc) is 3.97. The van der Waals surface area contributed by atoms with Crippen LogP contribution in [-0.2, 0) is 35.5 Å². The molecule has 1 fully saturated rings. The standard InChI is InChI=1S/C34H41N13O10/c1-5-47(34(56)26(51)23(14-48)57-32(34)46-15-37-25-27(46)41-33(35)42-31(25)55)24(50)6-7-36-28(52)20-9-18(12-44(20)3)39-30(54)22-10-19(13-45(22)4)40-29(53)21-8-17(38-16-49)11-43(21)2/h8-13,15-16,23,26,32,48,51,56H,5-7,14H2,1-4H3,(H,36,52)(H,38,49)(H,39,54)(H,40,53)(H3,35,41,42,55)/t23-,26-,32-,34+/m1/s1. The monoisotopic (exact) mass is 791 g/mol. The fraction of sp³-hybridized carbons (Fsp3) is 0.353. The number of hydrogen-bond donors (Lipinski definition) is 9. The van der Waals surface area contributed by atoms with Gasteiger partial charge in [-0.2, -0.15) is 4.98 Å². The summed E-state index contributed by atoms with van der Waals surface area (Å²) in [6, 6.07) is 4.39. The van der Waals surface area contributed by atoms with Crippen molar-refractivity contribution in [3.63, 3.8) is 0 Å². The summed E-state index contributed by atoms with van der Waals surface area (Å²) in [7, 11) is 4.84. The van der Waals surface area contributed by atoms with Crippen LogP contribution in [0, 0.1) is 0 Å². The minimum absolute atomic E-state index is 0.106. The second-order valence-electron chi connectivity index (χ2n) is 13.2. The topological polar surface area (TPSA) is 311 Å². The Morgan fingerprint density at radius 1 is 0.982 bits per heavy atom. The first-order valence-electron chi connectivity index (χ1n) is 17.4. The molecule has 23 heteroatoms. The van der Waals surface area contributed by atoms with Crippen LogP contribution < -0.4 is 32.6 Å². The van der Waals surface area contributed by atoms with Gasteiger partial charge in [-0.05, 0) is 25.1 Å². The van der Waals surface area contributed by atoms with E-state index in [1.54, 1.807) is 40.5 Å². The molecule has 0 unspecified atom stereocenters. The van der Waals surface area contributed by atoms with Gasteiger partial charge in [0.05, 0.1) is 30.0 Å². The molecule has 10 N–H and O–H groups in total. The second kappa shape index (κ2) is 15.7. The highest BCUT2D eigenvalue weighted by Crippen LogP contribution is 2.42. The van der Waals surface area contributed by atoms with Crippen LogP contribution in [0.25, 0.3) is 11.2 Å². The number of ether oxygens (including phenoxy) is 1. The molecule has 0 aliphatic carbocycles. The summed E-state index contributed by atoms with van der Waals surface area (Å²) in [6.07, 6.45) is 1.14. The van der Waals surface area contributed by atoms with Gasteiger partial charge in [0, 0.05) is 59.2 Å². The fourth-order valence-electron chi connectivity index (χ4n) is 6.76. The van der Waals surface area contributed by atoms with Crippen molar-refractivity contribution in [2.24, 2.45) is 21.1 Å². The number of aryl methyl sites for hydroxylation is 3. The average molecular weight is 792 g/mol. The number of aromatic nitrogens is 7. The Labute approximate surface area is 322 Å². The molecule has 0 spiro atoms. The first-order valence-corrected chi connectivity index (χ1v) is 17.4. The minimum Gasteiger partial charge on any atom is -0.394 e. The van der Waals surface area contributed by atoms with E-state index < -0.39 is 60.0 Å². The Hall–Kier alpha value is -6.82. The van der Waals surface area contributed by atoms with Crippen LogP contribution in [0.15, 0.2) is 47.9 Å². The number of aliphatic hydroxyl groups excluding tert-OH is 2. The van der Waals surface area contributed by atoms with Crippen molar-refractivity contribution in [2.75, 3.05) is 41.4 Å². The Balaban J connectivity index is 1.09. The smallest absolute Gasteiger partial charge is 0.280 e. The zero-order chi connectivity index (χ0) is 41.3. The quantitative estimate of drug-likeness (QED) is 0.0453. The first kappa shape index (κ1) is 39.9. The van der Waals surface area contributed by atoms with Crippen LogP contribution >= 0.6 is 0 Å². The molecule has 5 amide bonds. The van der Waals surface area contributed by atoms with Crippen molar-refractivity contribution in [3.05, 3.63) is 70.6 Å². The largest absolute Gasteiger partial charge is 0.394 e. The van der Waals surface area contributed by atoms with E-state index >= 15 is 0 Å². The number of nitrogens with one attached hydrogen (secondary N) is 5. The van der Waals surface area contributed by atoms with Crippen molar-refractivity contribution in [1.29, 1.82) is 0 Å². The van der Waals surface area contributed by atoms with Crippen molar-refractivity contribution in [1.82, 2.24) is 43.4 Å². The van der Waals surface area contributed by atoms with Gasteiger partial charge in [0.2, 0.25) is 24.0 Å². The molecule has 5 aromatic rings. The molecule has 23 nitrogen and oxygen atoms in total. The highest BCUT2D eigenvalue weighted by Gasteiger charge is 2.61. The van der Waals surface area contributed by atoms with Gasteiger partial charge in [0.15, 0.2) is 17.4 Å². The van der Waals surface area contributed by atoms with Crippen LogP contribution in [-0.4, -0.2) is 121 Å². The molecule has 6 rings (SSSR count). The maximum atomic E-state index is 13.6. The number of hydrogen-bond acceptors (Lipinski definition) is 13. The zero-order valence-electron chi connectivity index (χ0n) is 31.1. The number of rotatable bonds is 14. The first-order chi connectivity index (χ1) is 27.1. The summed E-state index contributed by atoms with van der Waals surface area (Å²) in [4.78, 5) is 87.4. The van der Waals surface area contributed by atoms with E-state index in [0.29, 0.717) is 17.8 Å². The van der Waals surface area contributed by atoms with Gasteiger partial charge in [0.25, 0.3) is 23.3 Å². The normalized spacial score (nSPS) is 19.0. The van der Waals surface area contributed by atoms with Crippen molar-refractivity contribution in [3.8, 4) is 0 Å². The molecule has 5 aromatic heterocycles. The molecular formula is C34H41N13O10. The lowest BCUT2D eigenvalue weighted by molar-refractivity contribution is -0.207. The molecule has 1 aliphatic rings. The molecule has 57 heavy (non-hydrogen) atoms. The van der Waals surface area contributed by atoms with Crippen LogP contribution in [0.1, 0.15) is 51.0 Å². The summed E-state index contributed by atoms with van der Waals surface area (Å²) in [5.41, 5.74) is 3.93. The number of anilines is 4. The lowest BCUT2D eigenvalue weighted by Gasteiger charge is -2.41. The number of imidazole rings is 1. The number of aromatic amines is 1. The highest BCUT2D eigenvalue weighted by molar-refractivity contribution is 6.07. The number of likely N-dealkylation sites (N-methyl/N-ethyl adjacent to an activating group) is 1. The second-order valence-corrected chi connectivity index (χ2v) is 13.2. The number of nitrogens with two attached hydrogens (primary N) is 1. The van der Waals surface area contributed by atoms with Crippen LogP contribution in [0.5, 0.6) is 0 Å². The number of nitrogens with zero attached hydrogens (tertiary/aromatic N) is 7. The van der Waals surface area contributed by atoms with Crippen molar-refractivity contribution in [2.45, 2.75) is 37.5 Å². The van der Waals surface area contributed by atoms with Gasteiger partial charge in [-0.1, -0.05) is 0 Å². The maximum absolute atomic E-state index is 13.6. The number of amides is 5. The van der Waals surface area contributed by atoms with Crippen molar-refractivity contribution >= 4 is 64.2 Å². The van der Waals surface area contributed by atoms with Crippen LogP contribution in [0.4, 0.5) is 23.0 Å². The van der Waals surface area contributed by atoms with Gasteiger partial charge in [-0.15, -0.1) is 0 Å².